The lowest BCUT2D eigenvalue weighted by atomic mass is 10.2. The number of rotatable bonds is 6. The van der Waals surface area contributed by atoms with Crippen LogP contribution in [0.5, 0.6) is 0 Å². The van der Waals surface area contributed by atoms with Crippen LogP contribution in [-0.4, -0.2) is 41.1 Å². The van der Waals surface area contributed by atoms with Crippen LogP contribution in [0.2, 0.25) is 0 Å². The smallest absolute Gasteiger partial charge is 0.226 e. The third-order valence-corrected chi connectivity index (χ3v) is 3.85. The fourth-order valence-corrected chi connectivity index (χ4v) is 2.49. The summed E-state index contributed by atoms with van der Waals surface area (Å²) in [5, 5.41) is 16.1. The monoisotopic (exact) mass is 303 g/mol. The van der Waals surface area contributed by atoms with Gasteiger partial charge in [0.1, 0.15) is 0 Å². The van der Waals surface area contributed by atoms with Crippen molar-refractivity contribution >= 4 is 11.8 Å². The van der Waals surface area contributed by atoms with Gasteiger partial charge in [0.05, 0.1) is 0 Å². The summed E-state index contributed by atoms with van der Waals surface area (Å²) in [5.41, 5.74) is 0.902. The summed E-state index contributed by atoms with van der Waals surface area (Å²) >= 11 is 1.60. The number of thioether (sulfide) groups is 1. The summed E-state index contributed by atoms with van der Waals surface area (Å²) < 4.78 is 6.90. The van der Waals surface area contributed by atoms with E-state index in [1.807, 2.05) is 19.2 Å². The van der Waals surface area contributed by atoms with Gasteiger partial charge in [-0.3, -0.25) is 4.98 Å². The average molecular weight is 303 g/mol. The molecule has 0 bridgehead atoms. The Labute approximate surface area is 125 Å². The molecule has 9 heteroatoms. The van der Waals surface area contributed by atoms with E-state index in [1.54, 1.807) is 28.8 Å². The maximum Gasteiger partial charge on any atom is 0.226 e. The number of aromatic nitrogens is 7. The summed E-state index contributed by atoms with van der Waals surface area (Å²) in [6.45, 7) is 0. The highest BCUT2D eigenvalue weighted by Crippen LogP contribution is 2.17. The van der Waals surface area contributed by atoms with Crippen molar-refractivity contribution in [2.24, 2.45) is 7.05 Å². The molecule has 0 radical (unpaired) electrons. The predicted molar refractivity (Wildman–Crippen MR) is 75.4 cm³/mol. The molecule has 0 aromatic carbocycles. The van der Waals surface area contributed by atoms with E-state index in [1.165, 1.54) is 0 Å². The molecule has 0 amide bonds. The highest BCUT2D eigenvalue weighted by molar-refractivity contribution is 7.99. The van der Waals surface area contributed by atoms with Crippen LogP contribution < -0.4 is 0 Å². The molecule has 0 atom stereocenters. The number of tetrazole rings is 1. The van der Waals surface area contributed by atoms with Crippen molar-refractivity contribution in [1.29, 1.82) is 0 Å². The van der Waals surface area contributed by atoms with Crippen molar-refractivity contribution in [3.05, 3.63) is 30.4 Å². The van der Waals surface area contributed by atoms with Crippen LogP contribution >= 0.6 is 11.8 Å². The van der Waals surface area contributed by atoms with Gasteiger partial charge < -0.3 is 4.52 Å². The molecule has 0 aliphatic rings. The fraction of sp³-hybridized carbons (Fsp3) is 0.333. The zero-order valence-corrected chi connectivity index (χ0v) is 12.2. The molecule has 8 nitrogen and oxygen atoms in total. The van der Waals surface area contributed by atoms with Crippen LogP contribution in [0.4, 0.5) is 0 Å². The van der Waals surface area contributed by atoms with Gasteiger partial charge in [-0.1, -0.05) is 16.9 Å². The molecular formula is C12H13N7OS. The Balaban J connectivity index is 1.50. The lowest BCUT2D eigenvalue weighted by molar-refractivity contribution is 0.378. The molecule has 0 unspecified atom stereocenters. The van der Waals surface area contributed by atoms with E-state index in [4.69, 9.17) is 4.52 Å². The number of pyridine rings is 1. The standard InChI is InChI=1S/C12H13N7OS/c1-19-12(15-17-18-19)21-8-2-3-10-14-11(16-20-10)9-4-6-13-7-5-9/h4-7H,2-3,8H2,1H3. The second-order valence-electron chi connectivity index (χ2n) is 4.28. The van der Waals surface area contributed by atoms with E-state index in [0.717, 1.165) is 29.3 Å². The van der Waals surface area contributed by atoms with Crippen LogP contribution in [0.3, 0.4) is 0 Å². The lowest BCUT2D eigenvalue weighted by Gasteiger charge is -1.97. The van der Waals surface area contributed by atoms with E-state index >= 15 is 0 Å². The third-order valence-electron chi connectivity index (χ3n) is 2.75. The van der Waals surface area contributed by atoms with E-state index in [-0.39, 0.29) is 0 Å². The molecule has 0 aliphatic heterocycles. The van der Waals surface area contributed by atoms with Crippen LogP contribution in [-0.2, 0) is 13.5 Å². The molecule has 0 N–H and O–H groups in total. The van der Waals surface area contributed by atoms with Crippen molar-refractivity contribution in [3.63, 3.8) is 0 Å². The minimum absolute atomic E-state index is 0.595. The van der Waals surface area contributed by atoms with Gasteiger partial charge in [-0.15, -0.1) is 5.10 Å². The Kier molecular flexibility index (Phi) is 4.20. The van der Waals surface area contributed by atoms with Gasteiger partial charge in [-0.2, -0.15) is 4.98 Å². The number of hydrogen-bond acceptors (Lipinski definition) is 8. The van der Waals surface area contributed by atoms with Crippen LogP contribution in [0, 0.1) is 0 Å². The Morgan fingerprint density at radius 2 is 2.14 bits per heavy atom. The molecule has 21 heavy (non-hydrogen) atoms. The second-order valence-corrected chi connectivity index (χ2v) is 5.35. The Morgan fingerprint density at radius 3 is 2.90 bits per heavy atom. The molecule has 108 valence electrons. The molecule has 0 saturated carbocycles. The van der Waals surface area contributed by atoms with E-state index in [2.05, 4.69) is 30.7 Å². The highest BCUT2D eigenvalue weighted by atomic mass is 32.2. The summed E-state index contributed by atoms with van der Waals surface area (Å²) in [6.07, 6.45) is 5.06. The van der Waals surface area contributed by atoms with Crippen molar-refractivity contribution in [2.45, 2.75) is 18.0 Å². The minimum Gasteiger partial charge on any atom is -0.339 e. The fourth-order valence-electron chi connectivity index (χ4n) is 1.71. The first-order valence-corrected chi connectivity index (χ1v) is 7.39. The Hall–Kier alpha value is -2.29. The van der Waals surface area contributed by atoms with Crippen molar-refractivity contribution in [2.75, 3.05) is 5.75 Å². The average Bonchev–Trinajstić information content (AvgIpc) is 3.14. The first-order valence-electron chi connectivity index (χ1n) is 6.41. The molecule has 3 rings (SSSR count). The molecule has 0 aliphatic carbocycles. The van der Waals surface area contributed by atoms with Gasteiger partial charge in [0.15, 0.2) is 0 Å². The molecular weight excluding hydrogens is 290 g/mol. The SMILES string of the molecule is Cn1nnnc1SCCCc1nc(-c2ccncc2)no1. The van der Waals surface area contributed by atoms with Crippen LogP contribution in [0.15, 0.2) is 34.2 Å². The predicted octanol–water partition coefficient (Wildman–Crippen LogP) is 1.38. The Morgan fingerprint density at radius 1 is 1.29 bits per heavy atom. The normalized spacial score (nSPS) is 10.9. The molecule has 3 aromatic rings. The van der Waals surface area contributed by atoms with Crippen molar-refractivity contribution in [3.8, 4) is 11.4 Å². The number of nitrogens with zero attached hydrogens (tertiary/aromatic N) is 7. The van der Waals surface area contributed by atoms with Gasteiger partial charge in [0.2, 0.25) is 16.9 Å². The maximum atomic E-state index is 5.24. The number of aryl methyl sites for hydroxylation is 2. The van der Waals surface area contributed by atoms with Gasteiger partial charge in [0.25, 0.3) is 0 Å². The Bertz CT molecular complexity index is 696. The van der Waals surface area contributed by atoms with E-state index in [0.29, 0.717) is 11.7 Å². The summed E-state index contributed by atoms with van der Waals surface area (Å²) in [4.78, 5) is 8.34. The topological polar surface area (TPSA) is 95.4 Å². The minimum atomic E-state index is 0.595. The molecule has 3 heterocycles. The van der Waals surface area contributed by atoms with E-state index in [9.17, 15) is 0 Å². The molecule has 3 aromatic heterocycles. The quantitative estimate of drug-likeness (QED) is 0.498. The highest BCUT2D eigenvalue weighted by Gasteiger charge is 2.08. The van der Waals surface area contributed by atoms with Crippen molar-refractivity contribution in [1.82, 2.24) is 35.3 Å². The first-order chi connectivity index (χ1) is 10.3. The molecule has 0 saturated heterocycles. The molecule has 0 spiro atoms. The van der Waals surface area contributed by atoms with Crippen molar-refractivity contribution < 1.29 is 4.52 Å². The van der Waals surface area contributed by atoms with Gasteiger partial charge in [0, 0.05) is 37.2 Å². The van der Waals surface area contributed by atoms with E-state index < -0.39 is 0 Å². The van der Waals surface area contributed by atoms with Gasteiger partial charge in [-0.05, 0) is 29.0 Å². The van der Waals surface area contributed by atoms with Gasteiger partial charge in [-0.25, -0.2) is 4.68 Å². The summed E-state index contributed by atoms with van der Waals surface area (Å²) in [5.74, 6) is 2.12. The maximum absolute atomic E-state index is 5.24. The third kappa shape index (κ3) is 3.43. The summed E-state index contributed by atoms with van der Waals surface area (Å²) in [6, 6.07) is 3.71. The summed E-state index contributed by atoms with van der Waals surface area (Å²) in [7, 11) is 1.82. The van der Waals surface area contributed by atoms with Crippen LogP contribution in [0.25, 0.3) is 11.4 Å². The zero-order chi connectivity index (χ0) is 14.5. The zero-order valence-electron chi connectivity index (χ0n) is 11.4. The molecule has 0 fully saturated rings. The first kappa shape index (κ1) is 13.7. The lowest BCUT2D eigenvalue weighted by Crippen LogP contribution is -1.95. The number of hydrogen-bond donors (Lipinski definition) is 0. The van der Waals surface area contributed by atoms with Crippen LogP contribution in [0.1, 0.15) is 12.3 Å². The van der Waals surface area contributed by atoms with Gasteiger partial charge >= 0.3 is 0 Å². The largest absolute Gasteiger partial charge is 0.339 e. The second kappa shape index (κ2) is 6.44.